The molecule has 0 radical (unpaired) electrons. The molecular formula is C18H20FNO3. The Morgan fingerprint density at radius 2 is 1.87 bits per heavy atom. The third-order valence-corrected chi connectivity index (χ3v) is 3.76. The van der Waals surface area contributed by atoms with Gasteiger partial charge in [0.2, 0.25) is 0 Å². The number of esters is 1. The monoisotopic (exact) mass is 317 g/mol. The Kier molecular flexibility index (Phi) is 5.32. The molecule has 0 aliphatic carbocycles. The molecule has 122 valence electrons. The summed E-state index contributed by atoms with van der Waals surface area (Å²) in [5, 5.41) is 0. The second-order valence-corrected chi connectivity index (χ2v) is 5.33. The van der Waals surface area contributed by atoms with Crippen LogP contribution in [-0.4, -0.2) is 22.9 Å². The fourth-order valence-electron chi connectivity index (χ4n) is 2.53. The van der Waals surface area contributed by atoms with Crippen LogP contribution in [0.4, 0.5) is 4.39 Å². The maximum absolute atomic E-state index is 12.9. The lowest BCUT2D eigenvalue weighted by molar-refractivity contribution is 0.0525. The van der Waals surface area contributed by atoms with Crippen molar-refractivity contribution in [1.29, 1.82) is 0 Å². The van der Waals surface area contributed by atoms with Crippen LogP contribution in [0.3, 0.4) is 0 Å². The topological polar surface area (TPSA) is 48.3 Å². The number of benzene rings is 1. The number of carbonyl (C=O) groups excluding carboxylic acids is 2. The predicted molar refractivity (Wildman–Crippen MR) is 85.2 cm³/mol. The minimum atomic E-state index is -0.423. The summed E-state index contributed by atoms with van der Waals surface area (Å²) in [5.74, 6) is -0.810. The Morgan fingerprint density at radius 3 is 2.43 bits per heavy atom. The van der Waals surface area contributed by atoms with Crippen molar-refractivity contribution in [3.05, 3.63) is 58.7 Å². The summed E-state index contributed by atoms with van der Waals surface area (Å²) in [6, 6.07) is 7.84. The molecule has 23 heavy (non-hydrogen) atoms. The first kappa shape index (κ1) is 16.9. The van der Waals surface area contributed by atoms with Gasteiger partial charge in [0, 0.05) is 19.2 Å². The van der Waals surface area contributed by atoms with Crippen molar-refractivity contribution in [2.45, 2.75) is 33.7 Å². The van der Waals surface area contributed by atoms with Crippen LogP contribution in [-0.2, 0) is 17.7 Å². The molecule has 0 unspecified atom stereocenters. The maximum Gasteiger partial charge on any atom is 0.339 e. The minimum Gasteiger partial charge on any atom is -0.462 e. The quantitative estimate of drug-likeness (QED) is 0.604. The van der Waals surface area contributed by atoms with E-state index in [-0.39, 0.29) is 18.2 Å². The highest BCUT2D eigenvalue weighted by Gasteiger charge is 2.20. The van der Waals surface area contributed by atoms with Gasteiger partial charge in [-0.15, -0.1) is 0 Å². The molecule has 0 amide bonds. The van der Waals surface area contributed by atoms with Crippen LogP contribution in [0.2, 0.25) is 0 Å². The first-order valence-corrected chi connectivity index (χ1v) is 7.56. The zero-order chi connectivity index (χ0) is 17.0. The molecule has 0 saturated carbocycles. The van der Waals surface area contributed by atoms with Crippen molar-refractivity contribution in [2.24, 2.45) is 0 Å². The molecular weight excluding hydrogens is 297 g/mol. The molecule has 1 aromatic carbocycles. The van der Waals surface area contributed by atoms with Gasteiger partial charge in [-0.1, -0.05) is 12.1 Å². The van der Waals surface area contributed by atoms with Gasteiger partial charge in [0.1, 0.15) is 5.82 Å². The van der Waals surface area contributed by atoms with Crippen molar-refractivity contribution in [1.82, 2.24) is 4.57 Å². The van der Waals surface area contributed by atoms with E-state index in [0.29, 0.717) is 29.9 Å². The van der Waals surface area contributed by atoms with E-state index in [2.05, 4.69) is 0 Å². The van der Waals surface area contributed by atoms with Gasteiger partial charge in [-0.2, -0.15) is 0 Å². The van der Waals surface area contributed by atoms with Crippen LogP contribution in [0.5, 0.6) is 0 Å². The third-order valence-electron chi connectivity index (χ3n) is 3.76. The third kappa shape index (κ3) is 3.86. The second-order valence-electron chi connectivity index (χ2n) is 5.33. The molecule has 2 rings (SSSR count). The molecule has 2 aromatic rings. The summed E-state index contributed by atoms with van der Waals surface area (Å²) in [4.78, 5) is 23.8. The zero-order valence-electron chi connectivity index (χ0n) is 13.6. The first-order chi connectivity index (χ1) is 10.9. The van der Waals surface area contributed by atoms with Crippen molar-refractivity contribution < 1.29 is 18.7 Å². The van der Waals surface area contributed by atoms with Gasteiger partial charge in [0.15, 0.2) is 5.78 Å². The number of ether oxygens (including phenoxy) is 1. The van der Waals surface area contributed by atoms with E-state index in [4.69, 9.17) is 4.74 Å². The summed E-state index contributed by atoms with van der Waals surface area (Å²) < 4.78 is 19.8. The number of ketones is 1. The summed E-state index contributed by atoms with van der Waals surface area (Å²) in [6.45, 7) is 5.83. The molecule has 0 fully saturated rings. The summed E-state index contributed by atoms with van der Waals surface area (Å²) in [6.07, 6.45) is 0.637. The fourth-order valence-corrected chi connectivity index (χ4v) is 2.53. The van der Waals surface area contributed by atoms with Crippen LogP contribution >= 0.6 is 0 Å². The standard InChI is InChI=1S/C18H20FNO3/c1-4-23-18(22)16-11-17(13(3)21)20(12(16)2)10-9-14-5-7-15(19)8-6-14/h5-8,11H,4,9-10H2,1-3H3. The van der Waals surface area contributed by atoms with Crippen LogP contribution in [0.1, 0.15) is 46.0 Å². The molecule has 0 spiro atoms. The lowest BCUT2D eigenvalue weighted by atomic mass is 10.1. The van der Waals surface area contributed by atoms with Gasteiger partial charge in [-0.3, -0.25) is 4.79 Å². The highest BCUT2D eigenvalue weighted by Crippen LogP contribution is 2.18. The number of hydrogen-bond acceptors (Lipinski definition) is 3. The largest absolute Gasteiger partial charge is 0.462 e. The van der Waals surface area contributed by atoms with Gasteiger partial charge >= 0.3 is 5.97 Å². The van der Waals surface area contributed by atoms with E-state index in [1.165, 1.54) is 19.1 Å². The number of Topliss-reactive ketones (excluding diaryl/α,β-unsaturated/α-hetero) is 1. The number of carbonyl (C=O) groups is 2. The number of nitrogens with zero attached hydrogens (tertiary/aromatic N) is 1. The Morgan fingerprint density at radius 1 is 1.22 bits per heavy atom. The van der Waals surface area contributed by atoms with E-state index in [0.717, 1.165) is 5.56 Å². The van der Waals surface area contributed by atoms with E-state index in [9.17, 15) is 14.0 Å². The molecule has 0 aliphatic rings. The van der Waals surface area contributed by atoms with Crippen molar-refractivity contribution >= 4 is 11.8 Å². The number of aromatic nitrogens is 1. The van der Waals surface area contributed by atoms with E-state index < -0.39 is 5.97 Å². The number of aryl methyl sites for hydroxylation is 1. The maximum atomic E-state index is 12.9. The van der Waals surface area contributed by atoms with Gasteiger partial charge < -0.3 is 9.30 Å². The Bertz CT molecular complexity index is 717. The van der Waals surface area contributed by atoms with Gasteiger partial charge in [-0.05, 0) is 44.0 Å². The van der Waals surface area contributed by atoms with E-state index >= 15 is 0 Å². The summed E-state index contributed by atoms with van der Waals surface area (Å²) in [5.41, 5.74) is 2.56. The molecule has 0 bridgehead atoms. The SMILES string of the molecule is CCOC(=O)c1cc(C(C)=O)n(CCc2ccc(F)cc2)c1C. The van der Waals surface area contributed by atoms with Crippen LogP contribution in [0.15, 0.2) is 30.3 Å². The lowest BCUT2D eigenvalue weighted by Gasteiger charge is -2.10. The Hall–Kier alpha value is -2.43. The smallest absolute Gasteiger partial charge is 0.339 e. The van der Waals surface area contributed by atoms with Crippen LogP contribution in [0, 0.1) is 12.7 Å². The van der Waals surface area contributed by atoms with E-state index in [1.807, 2.05) is 4.57 Å². The molecule has 1 aromatic heterocycles. The average molecular weight is 317 g/mol. The van der Waals surface area contributed by atoms with Gasteiger partial charge in [0.25, 0.3) is 0 Å². The normalized spacial score (nSPS) is 10.6. The minimum absolute atomic E-state index is 0.109. The predicted octanol–water partition coefficient (Wildman–Crippen LogP) is 3.56. The summed E-state index contributed by atoms with van der Waals surface area (Å²) in [7, 11) is 0. The first-order valence-electron chi connectivity index (χ1n) is 7.56. The van der Waals surface area contributed by atoms with Gasteiger partial charge in [0.05, 0.1) is 17.9 Å². The van der Waals surface area contributed by atoms with Crippen molar-refractivity contribution in [2.75, 3.05) is 6.61 Å². The highest BCUT2D eigenvalue weighted by molar-refractivity contribution is 5.98. The molecule has 0 N–H and O–H groups in total. The lowest BCUT2D eigenvalue weighted by Crippen LogP contribution is -2.11. The molecule has 4 nitrogen and oxygen atoms in total. The van der Waals surface area contributed by atoms with Crippen molar-refractivity contribution in [3.63, 3.8) is 0 Å². The number of hydrogen-bond donors (Lipinski definition) is 0. The number of halogens is 1. The second kappa shape index (κ2) is 7.22. The van der Waals surface area contributed by atoms with Crippen molar-refractivity contribution in [3.8, 4) is 0 Å². The average Bonchev–Trinajstić information content (AvgIpc) is 2.84. The van der Waals surface area contributed by atoms with Gasteiger partial charge in [-0.25, -0.2) is 9.18 Å². The molecule has 1 heterocycles. The summed E-state index contributed by atoms with van der Waals surface area (Å²) >= 11 is 0. The highest BCUT2D eigenvalue weighted by atomic mass is 19.1. The fraction of sp³-hybridized carbons (Fsp3) is 0.333. The Labute approximate surface area is 134 Å². The molecule has 0 atom stereocenters. The van der Waals surface area contributed by atoms with Crippen LogP contribution < -0.4 is 0 Å². The number of rotatable bonds is 6. The van der Waals surface area contributed by atoms with E-state index in [1.54, 1.807) is 32.0 Å². The molecule has 0 aliphatic heterocycles. The zero-order valence-corrected chi connectivity index (χ0v) is 13.6. The molecule has 0 saturated heterocycles. The Balaban J connectivity index is 2.27. The van der Waals surface area contributed by atoms with Crippen LogP contribution in [0.25, 0.3) is 0 Å². The molecule has 5 heteroatoms.